The number of hydrazine groups is 1. The minimum atomic E-state index is -0.494. The molecule has 3 N–H and O–H groups in total. The Labute approximate surface area is 76.4 Å². The summed E-state index contributed by atoms with van der Waals surface area (Å²) in [5.74, 6) is 5.42. The summed E-state index contributed by atoms with van der Waals surface area (Å²) in [6.07, 6.45) is 0. The van der Waals surface area contributed by atoms with Gasteiger partial charge in [0.15, 0.2) is 11.6 Å². The number of hydrogen-bond acceptors (Lipinski definition) is 4. The number of halogens is 1. The molecule has 0 unspecified atom stereocenters. The third-order valence-electron chi connectivity index (χ3n) is 1.69. The maximum Gasteiger partial charge on any atom is 0.187 e. The van der Waals surface area contributed by atoms with Crippen molar-refractivity contribution >= 4 is 5.82 Å². The maximum absolute atomic E-state index is 13.2. The molecule has 0 aliphatic heterocycles. The summed E-state index contributed by atoms with van der Waals surface area (Å²) in [6, 6.07) is 0. The van der Waals surface area contributed by atoms with Crippen LogP contribution in [-0.2, 0) is 0 Å². The van der Waals surface area contributed by atoms with E-state index in [4.69, 9.17) is 5.84 Å². The quantitative estimate of drug-likeness (QED) is 0.537. The summed E-state index contributed by atoms with van der Waals surface area (Å²) >= 11 is 0. The highest BCUT2D eigenvalue weighted by molar-refractivity contribution is 5.36. The first-order valence-electron chi connectivity index (χ1n) is 4.07. The standard InChI is InChI=1S/C8H13FN4/c1-4(2)7-11-5(3)6(9)8(12-7)13-10/h4H,10H2,1-3H3,(H,11,12,13). The predicted molar refractivity (Wildman–Crippen MR) is 48.6 cm³/mol. The van der Waals surface area contributed by atoms with Gasteiger partial charge in [0.25, 0.3) is 0 Å². The largest absolute Gasteiger partial charge is 0.306 e. The lowest BCUT2D eigenvalue weighted by Gasteiger charge is -2.08. The average molecular weight is 184 g/mol. The van der Waals surface area contributed by atoms with Gasteiger partial charge in [0.1, 0.15) is 5.82 Å². The van der Waals surface area contributed by atoms with Crippen LogP contribution in [0.5, 0.6) is 0 Å². The highest BCUT2D eigenvalue weighted by atomic mass is 19.1. The lowest BCUT2D eigenvalue weighted by atomic mass is 10.2. The first-order chi connectivity index (χ1) is 6.06. The van der Waals surface area contributed by atoms with E-state index >= 15 is 0 Å². The monoisotopic (exact) mass is 184 g/mol. The van der Waals surface area contributed by atoms with Crippen LogP contribution in [0.4, 0.5) is 10.2 Å². The van der Waals surface area contributed by atoms with Gasteiger partial charge in [0, 0.05) is 5.92 Å². The Balaban J connectivity index is 3.22. The average Bonchev–Trinajstić information content (AvgIpc) is 2.09. The summed E-state index contributed by atoms with van der Waals surface area (Å²) < 4.78 is 13.2. The molecule has 0 spiro atoms. The van der Waals surface area contributed by atoms with Crippen LogP contribution in [0.15, 0.2) is 0 Å². The molecular formula is C8H13FN4. The van der Waals surface area contributed by atoms with Gasteiger partial charge in [-0.25, -0.2) is 20.2 Å². The van der Waals surface area contributed by atoms with Gasteiger partial charge in [-0.1, -0.05) is 13.8 Å². The molecule has 0 saturated heterocycles. The van der Waals surface area contributed by atoms with Crippen molar-refractivity contribution in [2.75, 3.05) is 5.43 Å². The van der Waals surface area contributed by atoms with Crippen LogP contribution < -0.4 is 11.3 Å². The normalized spacial score (nSPS) is 10.6. The van der Waals surface area contributed by atoms with Crippen molar-refractivity contribution in [3.63, 3.8) is 0 Å². The van der Waals surface area contributed by atoms with Crippen LogP contribution in [0.1, 0.15) is 31.3 Å². The summed E-state index contributed by atoms with van der Waals surface area (Å²) in [4.78, 5) is 7.93. The van der Waals surface area contributed by atoms with E-state index in [1.54, 1.807) is 6.92 Å². The van der Waals surface area contributed by atoms with Gasteiger partial charge in [-0.15, -0.1) is 0 Å². The number of anilines is 1. The number of hydrogen-bond donors (Lipinski definition) is 2. The molecule has 1 aromatic heterocycles. The van der Waals surface area contributed by atoms with Gasteiger partial charge in [-0.2, -0.15) is 0 Å². The van der Waals surface area contributed by atoms with Gasteiger partial charge in [0.2, 0.25) is 0 Å². The molecule has 1 rings (SSSR count). The first-order valence-corrected chi connectivity index (χ1v) is 4.07. The molecule has 4 nitrogen and oxygen atoms in total. The third kappa shape index (κ3) is 1.92. The van der Waals surface area contributed by atoms with Crippen molar-refractivity contribution in [3.05, 3.63) is 17.3 Å². The number of aryl methyl sites for hydroxylation is 1. The molecule has 72 valence electrons. The zero-order valence-electron chi connectivity index (χ0n) is 7.93. The number of nitrogens with one attached hydrogen (secondary N) is 1. The van der Waals surface area contributed by atoms with E-state index in [1.165, 1.54) is 0 Å². The van der Waals surface area contributed by atoms with E-state index in [2.05, 4.69) is 15.4 Å². The fraction of sp³-hybridized carbons (Fsp3) is 0.500. The second-order valence-electron chi connectivity index (χ2n) is 3.13. The molecule has 0 aliphatic rings. The lowest BCUT2D eigenvalue weighted by Crippen LogP contribution is -2.14. The van der Waals surface area contributed by atoms with Crippen LogP contribution in [0.3, 0.4) is 0 Å². The van der Waals surface area contributed by atoms with Crippen molar-refractivity contribution in [1.82, 2.24) is 9.97 Å². The van der Waals surface area contributed by atoms with E-state index in [-0.39, 0.29) is 11.7 Å². The van der Waals surface area contributed by atoms with E-state index in [0.29, 0.717) is 11.5 Å². The fourth-order valence-electron chi connectivity index (χ4n) is 0.935. The molecule has 0 fully saturated rings. The Kier molecular flexibility index (Phi) is 2.77. The highest BCUT2D eigenvalue weighted by Crippen LogP contribution is 2.16. The van der Waals surface area contributed by atoms with Gasteiger partial charge in [-0.3, -0.25) is 0 Å². The van der Waals surface area contributed by atoms with E-state index < -0.39 is 5.82 Å². The van der Waals surface area contributed by atoms with Crippen molar-refractivity contribution in [1.29, 1.82) is 0 Å². The number of nitrogens with two attached hydrogens (primary N) is 1. The van der Waals surface area contributed by atoms with E-state index in [1.807, 2.05) is 13.8 Å². The maximum atomic E-state index is 13.2. The predicted octanol–water partition coefficient (Wildman–Crippen LogP) is 1.33. The molecule has 5 heteroatoms. The summed E-state index contributed by atoms with van der Waals surface area (Å²) in [5.41, 5.74) is 2.52. The molecule has 13 heavy (non-hydrogen) atoms. The SMILES string of the molecule is Cc1nc(C(C)C)nc(NN)c1F. The zero-order valence-corrected chi connectivity index (χ0v) is 7.93. The third-order valence-corrected chi connectivity index (χ3v) is 1.69. The van der Waals surface area contributed by atoms with Crippen molar-refractivity contribution in [2.45, 2.75) is 26.7 Å². The van der Waals surface area contributed by atoms with Crippen molar-refractivity contribution in [2.24, 2.45) is 5.84 Å². The minimum absolute atomic E-state index is 0.0520. The van der Waals surface area contributed by atoms with Gasteiger partial charge in [0.05, 0.1) is 5.69 Å². The Bertz CT molecular complexity index is 311. The van der Waals surface area contributed by atoms with Gasteiger partial charge in [-0.05, 0) is 6.92 Å². The Morgan fingerprint density at radius 2 is 2.00 bits per heavy atom. The number of nitrogen functional groups attached to an aromatic ring is 1. The topological polar surface area (TPSA) is 63.8 Å². The molecule has 0 bridgehead atoms. The number of nitrogens with zero attached hydrogens (tertiary/aromatic N) is 2. The Morgan fingerprint density at radius 3 is 2.46 bits per heavy atom. The summed E-state index contributed by atoms with van der Waals surface area (Å²) in [5, 5.41) is 0. The van der Waals surface area contributed by atoms with Crippen LogP contribution >= 0.6 is 0 Å². The second-order valence-corrected chi connectivity index (χ2v) is 3.13. The Hall–Kier alpha value is -1.23. The van der Waals surface area contributed by atoms with Crippen LogP contribution in [0.25, 0.3) is 0 Å². The molecular weight excluding hydrogens is 171 g/mol. The lowest BCUT2D eigenvalue weighted by molar-refractivity contribution is 0.595. The van der Waals surface area contributed by atoms with Crippen molar-refractivity contribution < 1.29 is 4.39 Å². The second kappa shape index (κ2) is 3.66. The smallest absolute Gasteiger partial charge is 0.187 e. The zero-order chi connectivity index (χ0) is 10.0. The van der Waals surface area contributed by atoms with Crippen LogP contribution in [-0.4, -0.2) is 9.97 Å². The van der Waals surface area contributed by atoms with Gasteiger partial charge >= 0.3 is 0 Å². The van der Waals surface area contributed by atoms with Gasteiger partial charge < -0.3 is 5.43 Å². The van der Waals surface area contributed by atoms with Crippen LogP contribution in [0, 0.1) is 12.7 Å². The molecule has 1 heterocycles. The first kappa shape index (κ1) is 9.85. The molecule has 0 atom stereocenters. The minimum Gasteiger partial charge on any atom is -0.306 e. The molecule has 0 radical (unpaired) electrons. The van der Waals surface area contributed by atoms with E-state index in [9.17, 15) is 4.39 Å². The molecule has 0 aromatic carbocycles. The highest BCUT2D eigenvalue weighted by Gasteiger charge is 2.11. The van der Waals surface area contributed by atoms with Crippen LogP contribution in [0.2, 0.25) is 0 Å². The fourth-order valence-corrected chi connectivity index (χ4v) is 0.935. The summed E-state index contributed by atoms with van der Waals surface area (Å²) in [6.45, 7) is 5.46. The molecule has 1 aromatic rings. The van der Waals surface area contributed by atoms with Crippen molar-refractivity contribution in [3.8, 4) is 0 Å². The molecule has 0 aliphatic carbocycles. The molecule has 0 saturated carbocycles. The van der Waals surface area contributed by atoms with E-state index in [0.717, 1.165) is 0 Å². The number of aromatic nitrogens is 2. The number of rotatable bonds is 2. The molecule has 0 amide bonds. The summed E-state index contributed by atoms with van der Waals surface area (Å²) in [7, 11) is 0. The Morgan fingerprint density at radius 1 is 1.38 bits per heavy atom.